The van der Waals surface area contributed by atoms with Crippen molar-refractivity contribution in [1.29, 1.82) is 0 Å². The summed E-state index contributed by atoms with van der Waals surface area (Å²) in [6.07, 6.45) is -4.49. The van der Waals surface area contributed by atoms with Crippen molar-refractivity contribution in [2.75, 3.05) is 12.3 Å². The van der Waals surface area contributed by atoms with Gasteiger partial charge in [-0.25, -0.2) is 26.9 Å². The molecule has 3 unspecified atom stereocenters. The largest absolute Gasteiger partial charge is 0.490 e. The first-order chi connectivity index (χ1) is 14.2. The van der Waals surface area contributed by atoms with Crippen molar-refractivity contribution in [3.05, 3.63) is 16.8 Å². The van der Waals surface area contributed by atoms with E-state index in [1.807, 2.05) is 0 Å². The number of anilines is 1. The smallest absolute Gasteiger partial charge is 0.384 e. The summed E-state index contributed by atoms with van der Waals surface area (Å²) in [6.45, 7) is -1.24. The van der Waals surface area contributed by atoms with Crippen LogP contribution in [0.25, 0.3) is 0 Å². The number of phosphoric ester groups is 1. The zero-order valence-electron chi connectivity index (χ0n) is 15.4. The second-order valence-electron chi connectivity index (χ2n) is 6.34. The van der Waals surface area contributed by atoms with Gasteiger partial charge >= 0.3 is 23.5 Å². The molecular formula is C10H15F3N3O12P3S. The zero-order chi connectivity index (χ0) is 24.9. The van der Waals surface area contributed by atoms with E-state index in [1.54, 1.807) is 0 Å². The Morgan fingerprint density at radius 3 is 2.34 bits per heavy atom. The molecule has 0 aromatic carbocycles. The molecule has 0 radical (unpaired) electrons. The predicted octanol–water partition coefficient (Wildman–Crippen LogP) is 0.961. The second-order valence-corrected chi connectivity index (χ2v) is 11.1. The number of rotatable bonds is 8. The lowest BCUT2D eigenvalue weighted by molar-refractivity contribution is -0.204. The first-order valence-electron chi connectivity index (χ1n) is 7.75. The summed E-state index contributed by atoms with van der Waals surface area (Å²) in [5.41, 5.74) is 2.11. The summed E-state index contributed by atoms with van der Waals surface area (Å²) in [5, 5.41) is 10.0. The topological polar surface area (TPSA) is 233 Å². The van der Waals surface area contributed by atoms with E-state index in [-0.39, 0.29) is 0 Å². The molecule has 15 nitrogen and oxygen atoms in total. The molecule has 0 saturated carbocycles. The lowest BCUT2D eigenvalue weighted by atomic mass is 9.97. The molecule has 0 bridgehead atoms. The number of aliphatic hydroxyl groups excluding tert-OH is 1. The maximum atomic E-state index is 15.1. The van der Waals surface area contributed by atoms with Gasteiger partial charge in [0, 0.05) is 6.20 Å². The van der Waals surface area contributed by atoms with Crippen LogP contribution in [0.15, 0.2) is 6.20 Å². The van der Waals surface area contributed by atoms with Gasteiger partial charge in [-0.15, -0.1) is 0 Å². The molecule has 1 saturated heterocycles. The molecule has 184 valence electrons. The Hall–Kier alpha value is -0.780. The van der Waals surface area contributed by atoms with E-state index in [4.69, 9.17) is 37.4 Å². The molecule has 0 aliphatic carbocycles. The fourth-order valence-corrected chi connectivity index (χ4v) is 5.74. The average molecular weight is 551 g/mol. The first kappa shape index (κ1) is 27.5. The van der Waals surface area contributed by atoms with Crippen LogP contribution in [0.4, 0.5) is 19.0 Å². The van der Waals surface area contributed by atoms with Crippen LogP contribution in [0.5, 0.6) is 0 Å². The number of aromatic nitrogens is 2. The highest BCUT2D eigenvalue weighted by Gasteiger charge is 2.65. The van der Waals surface area contributed by atoms with Gasteiger partial charge in [-0.1, -0.05) is 0 Å². The molecule has 32 heavy (non-hydrogen) atoms. The summed E-state index contributed by atoms with van der Waals surface area (Å²) < 4.78 is 92.9. The fourth-order valence-electron chi connectivity index (χ4n) is 2.46. The van der Waals surface area contributed by atoms with Crippen LogP contribution in [-0.2, 0) is 31.6 Å². The molecule has 1 aliphatic heterocycles. The number of ether oxygens (including phenoxy) is 1. The lowest BCUT2D eigenvalue weighted by Crippen LogP contribution is -2.46. The van der Waals surface area contributed by atoms with E-state index in [1.165, 1.54) is 0 Å². The molecule has 0 spiro atoms. The highest BCUT2D eigenvalue weighted by atomic mass is 32.1. The van der Waals surface area contributed by atoms with Gasteiger partial charge in [0.15, 0.2) is 29.6 Å². The van der Waals surface area contributed by atoms with Gasteiger partial charge in [0.2, 0.25) is 4.77 Å². The number of halogens is 3. The van der Waals surface area contributed by atoms with Crippen molar-refractivity contribution in [3.8, 4) is 0 Å². The monoisotopic (exact) mass is 551 g/mol. The van der Waals surface area contributed by atoms with E-state index in [0.29, 0.717) is 17.7 Å². The number of nitrogen functional groups attached to an aromatic ring is 1. The number of hydrogen-bond acceptors (Lipinski definition) is 11. The van der Waals surface area contributed by atoms with E-state index < -0.39 is 70.3 Å². The maximum absolute atomic E-state index is 15.1. The number of phosphoric acid groups is 3. The lowest BCUT2D eigenvalue weighted by Gasteiger charge is -2.26. The third-order valence-corrected chi connectivity index (χ3v) is 7.85. The predicted molar refractivity (Wildman–Crippen MR) is 96.7 cm³/mol. The minimum Gasteiger partial charge on any atom is -0.384 e. The van der Waals surface area contributed by atoms with Crippen molar-refractivity contribution in [3.63, 3.8) is 0 Å². The normalized spacial score (nSPS) is 32.4. The van der Waals surface area contributed by atoms with E-state index in [0.717, 1.165) is 0 Å². The van der Waals surface area contributed by atoms with Gasteiger partial charge in [-0.05, 0) is 19.1 Å². The Labute approximate surface area is 181 Å². The molecule has 2 heterocycles. The van der Waals surface area contributed by atoms with Gasteiger partial charge < -0.3 is 35.2 Å². The standard InChI is InChI=1S/C10H15F3N3O12P3S/c1-9(12)6(17)10(13,26-7(9)16-2-4(11)5(14)15-8(16)32)3-25-30(21,22)28-31(23,24)27-29(18,19)20/h2,6-7,17H,3H2,1H3,(H,21,22)(H,23,24)(H2,14,15,32)(H2,18,19,20)/t6?,7-,9-,10-/m1/s1. The maximum Gasteiger partial charge on any atom is 0.490 e. The first-order valence-corrected chi connectivity index (χ1v) is 12.7. The summed E-state index contributed by atoms with van der Waals surface area (Å²) in [5.74, 6) is -5.55. The Morgan fingerprint density at radius 1 is 1.25 bits per heavy atom. The molecule has 1 fully saturated rings. The number of nitrogens with two attached hydrogens (primary N) is 1. The van der Waals surface area contributed by atoms with Crippen molar-refractivity contribution in [1.82, 2.24) is 9.55 Å². The quantitative estimate of drug-likeness (QED) is 0.195. The van der Waals surface area contributed by atoms with Crippen molar-refractivity contribution in [2.24, 2.45) is 0 Å². The van der Waals surface area contributed by atoms with Crippen LogP contribution in [0.3, 0.4) is 0 Å². The van der Waals surface area contributed by atoms with Crippen LogP contribution < -0.4 is 5.73 Å². The molecule has 0 amide bonds. The van der Waals surface area contributed by atoms with Crippen molar-refractivity contribution >= 4 is 41.5 Å². The Morgan fingerprint density at radius 2 is 1.81 bits per heavy atom. The van der Waals surface area contributed by atoms with Crippen molar-refractivity contribution < 1.29 is 69.4 Å². The molecule has 7 N–H and O–H groups in total. The van der Waals surface area contributed by atoms with Gasteiger partial charge in [-0.2, -0.15) is 13.6 Å². The highest BCUT2D eigenvalue weighted by molar-refractivity contribution is 7.71. The number of hydrogen-bond donors (Lipinski definition) is 6. The third-order valence-electron chi connectivity index (χ3n) is 3.76. The summed E-state index contributed by atoms with van der Waals surface area (Å²) in [4.78, 5) is 38.7. The number of aliphatic hydroxyl groups is 1. The zero-order valence-corrected chi connectivity index (χ0v) is 18.9. The average Bonchev–Trinajstić information content (AvgIpc) is 2.74. The fraction of sp³-hybridized carbons (Fsp3) is 0.600. The SMILES string of the molecule is C[C@@]1(F)C(O)[C@@](F)(COP(=O)(O)OP(=O)(O)OP(=O)(O)O)O[C@H]1n1cc(F)c(N)nc1=S. The second kappa shape index (κ2) is 8.78. The Bertz CT molecular complexity index is 1100. The minimum atomic E-state index is -5.92. The van der Waals surface area contributed by atoms with Gasteiger partial charge in [0.25, 0.3) is 5.85 Å². The van der Waals surface area contributed by atoms with Gasteiger partial charge in [0.05, 0.1) is 0 Å². The number of nitrogens with zero attached hydrogens (tertiary/aromatic N) is 2. The molecule has 1 aromatic heterocycles. The van der Waals surface area contributed by atoms with Crippen LogP contribution in [-0.4, -0.2) is 58.5 Å². The van der Waals surface area contributed by atoms with Crippen molar-refractivity contribution in [2.45, 2.75) is 30.8 Å². The highest BCUT2D eigenvalue weighted by Crippen LogP contribution is 2.66. The summed E-state index contributed by atoms with van der Waals surface area (Å²) in [6, 6.07) is 0. The van der Waals surface area contributed by atoms with Gasteiger partial charge in [0.1, 0.15) is 6.61 Å². The van der Waals surface area contributed by atoms with Crippen LogP contribution in [0.2, 0.25) is 0 Å². The molecular weight excluding hydrogens is 536 g/mol. The van der Waals surface area contributed by atoms with E-state index in [2.05, 4.69) is 18.1 Å². The molecule has 6 atom stereocenters. The van der Waals surface area contributed by atoms with Crippen LogP contribution in [0.1, 0.15) is 13.2 Å². The molecule has 1 aliphatic rings. The molecule has 22 heteroatoms. The Kier molecular flexibility index (Phi) is 7.53. The molecule has 2 rings (SSSR count). The number of alkyl halides is 2. The van der Waals surface area contributed by atoms with E-state index in [9.17, 15) is 28.1 Å². The third kappa shape index (κ3) is 6.21. The van der Waals surface area contributed by atoms with Crippen LogP contribution in [0, 0.1) is 10.6 Å². The molecule has 1 aromatic rings. The summed E-state index contributed by atoms with van der Waals surface area (Å²) in [7, 11) is -17.4. The summed E-state index contributed by atoms with van der Waals surface area (Å²) >= 11 is 4.76. The Balaban J connectivity index is 2.25. The van der Waals surface area contributed by atoms with E-state index >= 15 is 8.78 Å². The minimum absolute atomic E-state index is 0.455. The van der Waals surface area contributed by atoms with Crippen LogP contribution >= 0.6 is 35.7 Å². The van der Waals surface area contributed by atoms with Gasteiger partial charge in [-0.3, -0.25) is 9.09 Å².